The van der Waals surface area contributed by atoms with E-state index >= 15 is 0 Å². The fourth-order valence-electron chi connectivity index (χ4n) is 4.21. The summed E-state index contributed by atoms with van der Waals surface area (Å²) in [4.78, 5) is 30.1. The molecule has 2 aromatic heterocycles. The fraction of sp³-hybridized carbons (Fsp3) is 0.200. The molecule has 33 heavy (non-hydrogen) atoms. The first kappa shape index (κ1) is 20.7. The van der Waals surface area contributed by atoms with Crippen LogP contribution >= 0.6 is 0 Å². The molecule has 5 rings (SSSR count). The van der Waals surface area contributed by atoms with Gasteiger partial charge in [0.1, 0.15) is 11.3 Å². The highest BCUT2D eigenvalue weighted by Crippen LogP contribution is 2.23. The van der Waals surface area contributed by atoms with Crippen molar-refractivity contribution in [2.24, 2.45) is 0 Å². The van der Waals surface area contributed by atoms with E-state index in [0.29, 0.717) is 35.5 Å². The number of fused-ring (bicyclic) bond motifs is 2. The molecule has 2 aromatic carbocycles. The van der Waals surface area contributed by atoms with E-state index in [4.69, 9.17) is 11.5 Å². The molecule has 1 aliphatic rings. The van der Waals surface area contributed by atoms with Gasteiger partial charge in [-0.15, -0.1) is 0 Å². The number of hydrogen-bond acceptors (Lipinski definition) is 7. The van der Waals surface area contributed by atoms with Crippen LogP contribution in [0, 0.1) is 0 Å². The van der Waals surface area contributed by atoms with Crippen LogP contribution in [0.15, 0.2) is 60.8 Å². The van der Waals surface area contributed by atoms with Gasteiger partial charge in [0.2, 0.25) is 0 Å². The predicted molar refractivity (Wildman–Crippen MR) is 130 cm³/mol. The Morgan fingerprint density at radius 3 is 2.61 bits per heavy atom. The van der Waals surface area contributed by atoms with Gasteiger partial charge in [-0.05, 0) is 41.8 Å². The zero-order valence-corrected chi connectivity index (χ0v) is 18.4. The van der Waals surface area contributed by atoms with E-state index < -0.39 is 0 Å². The summed E-state index contributed by atoms with van der Waals surface area (Å²) in [7, 11) is 1.97. The highest BCUT2D eigenvalue weighted by atomic mass is 16.2. The lowest BCUT2D eigenvalue weighted by molar-refractivity contribution is 0.0734. The zero-order chi connectivity index (χ0) is 22.9. The maximum atomic E-state index is 13.0. The average Bonchev–Trinajstić information content (AvgIpc) is 2.83. The smallest absolute Gasteiger partial charge is 0.254 e. The molecule has 0 radical (unpaired) electrons. The molecule has 4 aromatic rings. The first-order chi connectivity index (χ1) is 16.0. The van der Waals surface area contributed by atoms with Crippen molar-refractivity contribution >= 4 is 34.3 Å². The number of carbonyl (C=O) groups is 1. The molecule has 0 aliphatic carbocycles. The summed E-state index contributed by atoms with van der Waals surface area (Å²) in [6.07, 6.45) is 2.60. The average molecular weight is 440 g/mol. The minimum absolute atomic E-state index is 0.0568. The third-order valence-electron chi connectivity index (χ3n) is 6.00. The van der Waals surface area contributed by atoms with Crippen LogP contribution in [-0.2, 0) is 19.5 Å². The van der Waals surface area contributed by atoms with Gasteiger partial charge in [0.25, 0.3) is 5.91 Å². The summed E-state index contributed by atoms with van der Waals surface area (Å²) in [6.45, 7) is 1.92. The van der Waals surface area contributed by atoms with Gasteiger partial charge in [-0.3, -0.25) is 9.78 Å². The lowest BCUT2D eigenvalue weighted by atomic mass is 9.99. The summed E-state index contributed by atoms with van der Waals surface area (Å²) < 4.78 is 0. The third-order valence-corrected chi connectivity index (χ3v) is 6.00. The number of anilines is 3. The number of nitrogen functional groups attached to an aromatic ring is 2. The van der Waals surface area contributed by atoms with Crippen molar-refractivity contribution in [3.8, 4) is 0 Å². The Bertz CT molecular complexity index is 1340. The van der Waals surface area contributed by atoms with Crippen LogP contribution in [0.5, 0.6) is 0 Å². The van der Waals surface area contributed by atoms with E-state index in [-0.39, 0.29) is 11.7 Å². The number of hydrogen-bond donors (Lipinski definition) is 2. The molecule has 0 unspecified atom stereocenters. The van der Waals surface area contributed by atoms with Crippen molar-refractivity contribution in [1.82, 2.24) is 19.9 Å². The number of nitrogens with two attached hydrogens (primary N) is 2. The topological polar surface area (TPSA) is 114 Å². The van der Waals surface area contributed by atoms with Crippen molar-refractivity contribution in [2.45, 2.75) is 19.5 Å². The molecular formula is C25H25N7O. The zero-order valence-electron chi connectivity index (χ0n) is 18.4. The van der Waals surface area contributed by atoms with E-state index in [1.165, 1.54) is 11.1 Å². The standard InChI is InChI=1S/C25H25N7O/c1-31(15-19-13-28-21-12-22(26)30-24(27)23(21)29-19)20-8-6-17(7-9-20)25(33)32-11-10-16-4-2-3-5-18(16)14-32/h2-9,12-13H,10-11,14-15H2,1H3,(H4,26,27,30). The van der Waals surface area contributed by atoms with Gasteiger partial charge in [0, 0.05) is 37.5 Å². The molecule has 4 N–H and O–H groups in total. The molecule has 0 saturated heterocycles. The largest absolute Gasteiger partial charge is 0.384 e. The molecule has 0 fully saturated rings. The molecular weight excluding hydrogens is 414 g/mol. The van der Waals surface area contributed by atoms with Gasteiger partial charge in [-0.1, -0.05) is 24.3 Å². The van der Waals surface area contributed by atoms with Crippen molar-refractivity contribution in [1.29, 1.82) is 0 Å². The van der Waals surface area contributed by atoms with Crippen LogP contribution in [0.1, 0.15) is 27.2 Å². The van der Waals surface area contributed by atoms with Crippen LogP contribution in [0.3, 0.4) is 0 Å². The number of carbonyl (C=O) groups excluding carboxylic acids is 1. The summed E-state index contributed by atoms with van der Waals surface area (Å²) in [5, 5.41) is 0. The minimum Gasteiger partial charge on any atom is -0.384 e. The monoisotopic (exact) mass is 439 g/mol. The second-order valence-corrected chi connectivity index (χ2v) is 8.31. The van der Waals surface area contributed by atoms with E-state index in [2.05, 4.69) is 33.2 Å². The minimum atomic E-state index is 0.0568. The van der Waals surface area contributed by atoms with Crippen molar-refractivity contribution in [2.75, 3.05) is 30.0 Å². The molecule has 1 aliphatic heterocycles. The lowest BCUT2D eigenvalue weighted by Crippen LogP contribution is -2.35. The number of nitrogens with zero attached hydrogens (tertiary/aromatic N) is 5. The molecule has 0 bridgehead atoms. The second kappa shape index (κ2) is 8.38. The Morgan fingerprint density at radius 1 is 1.06 bits per heavy atom. The van der Waals surface area contributed by atoms with E-state index in [0.717, 1.165) is 24.3 Å². The maximum Gasteiger partial charge on any atom is 0.254 e. The normalized spacial score (nSPS) is 13.1. The molecule has 0 atom stereocenters. The number of rotatable bonds is 4. The first-order valence-electron chi connectivity index (χ1n) is 10.8. The molecule has 166 valence electrons. The van der Waals surface area contributed by atoms with Gasteiger partial charge >= 0.3 is 0 Å². The number of pyridine rings is 1. The first-order valence-corrected chi connectivity index (χ1v) is 10.8. The summed E-state index contributed by atoms with van der Waals surface area (Å²) >= 11 is 0. The molecule has 3 heterocycles. The van der Waals surface area contributed by atoms with E-state index in [1.54, 1.807) is 12.3 Å². The summed E-state index contributed by atoms with van der Waals surface area (Å²) in [6, 6.07) is 17.6. The Labute approximate surface area is 191 Å². The van der Waals surface area contributed by atoms with Crippen LogP contribution < -0.4 is 16.4 Å². The summed E-state index contributed by atoms with van der Waals surface area (Å²) in [5.41, 5.74) is 17.8. The van der Waals surface area contributed by atoms with Crippen molar-refractivity contribution in [3.05, 3.63) is 83.2 Å². The highest BCUT2D eigenvalue weighted by molar-refractivity contribution is 5.94. The van der Waals surface area contributed by atoms with Gasteiger partial charge < -0.3 is 21.3 Å². The van der Waals surface area contributed by atoms with E-state index in [9.17, 15) is 4.79 Å². The SMILES string of the molecule is CN(Cc1cnc2cc(N)nc(N)c2n1)c1ccc(C(=O)N2CCc3ccccc3C2)cc1. The predicted octanol–water partition coefficient (Wildman–Crippen LogP) is 3.02. The Balaban J connectivity index is 1.28. The van der Waals surface area contributed by atoms with Crippen LogP contribution in [0.4, 0.5) is 17.3 Å². The molecule has 8 nitrogen and oxygen atoms in total. The van der Waals surface area contributed by atoms with Crippen molar-refractivity contribution < 1.29 is 4.79 Å². The number of benzene rings is 2. The summed E-state index contributed by atoms with van der Waals surface area (Å²) in [5.74, 6) is 0.647. The Hall–Kier alpha value is -4.20. The quantitative estimate of drug-likeness (QED) is 0.502. The van der Waals surface area contributed by atoms with Crippen LogP contribution in [-0.4, -0.2) is 39.4 Å². The highest BCUT2D eigenvalue weighted by Gasteiger charge is 2.21. The van der Waals surface area contributed by atoms with Gasteiger partial charge in [-0.2, -0.15) is 0 Å². The van der Waals surface area contributed by atoms with Gasteiger partial charge in [0.15, 0.2) is 5.82 Å². The fourth-order valence-corrected chi connectivity index (χ4v) is 4.21. The van der Waals surface area contributed by atoms with Gasteiger partial charge in [0.05, 0.1) is 24.0 Å². The van der Waals surface area contributed by atoms with Crippen LogP contribution in [0.2, 0.25) is 0 Å². The molecule has 0 saturated carbocycles. The number of amides is 1. The molecule has 0 spiro atoms. The Morgan fingerprint density at radius 2 is 1.82 bits per heavy atom. The van der Waals surface area contributed by atoms with Crippen LogP contribution in [0.25, 0.3) is 11.0 Å². The number of aromatic nitrogens is 3. The second-order valence-electron chi connectivity index (χ2n) is 8.31. The third kappa shape index (κ3) is 4.15. The lowest BCUT2D eigenvalue weighted by Gasteiger charge is -2.29. The van der Waals surface area contributed by atoms with E-state index in [1.807, 2.05) is 47.2 Å². The van der Waals surface area contributed by atoms with Crippen molar-refractivity contribution in [3.63, 3.8) is 0 Å². The molecule has 1 amide bonds. The Kier molecular flexibility index (Phi) is 5.26. The maximum absolute atomic E-state index is 13.0. The van der Waals surface area contributed by atoms with Gasteiger partial charge in [-0.25, -0.2) is 9.97 Å². The molecule has 8 heteroatoms.